The second kappa shape index (κ2) is 3.89. The number of rotatable bonds is 2. The number of nitrogens with one attached hydrogen (secondary N) is 1. The highest BCUT2D eigenvalue weighted by atomic mass is 16.5. The average molecular weight is 197 g/mol. The summed E-state index contributed by atoms with van der Waals surface area (Å²) in [7, 11) is 1.47. The molecule has 3 nitrogen and oxygen atoms in total. The van der Waals surface area contributed by atoms with Crippen LogP contribution in [0.1, 0.15) is 32.1 Å². The maximum Gasteiger partial charge on any atom is 0.305 e. The van der Waals surface area contributed by atoms with Crippen LogP contribution in [0.5, 0.6) is 0 Å². The van der Waals surface area contributed by atoms with Gasteiger partial charge >= 0.3 is 5.97 Å². The molecule has 0 bridgehead atoms. The minimum atomic E-state index is -0.0428. The highest BCUT2D eigenvalue weighted by Crippen LogP contribution is 2.52. The van der Waals surface area contributed by atoms with E-state index in [1.165, 1.54) is 32.8 Å². The van der Waals surface area contributed by atoms with E-state index in [0.29, 0.717) is 17.8 Å². The van der Waals surface area contributed by atoms with Crippen molar-refractivity contribution in [3.05, 3.63) is 0 Å². The normalized spacial score (nSPS) is 25.8. The number of ether oxygens (including phenoxy) is 1. The van der Waals surface area contributed by atoms with Crippen molar-refractivity contribution in [1.29, 1.82) is 0 Å². The SMILES string of the molecule is COC(=O)CC1CC2(CCNCC2)C1. The lowest BCUT2D eigenvalue weighted by molar-refractivity contribution is -0.144. The molecule has 2 rings (SSSR count). The zero-order valence-corrected chi connectivity index (χ0v) is 8.84. The van der Waals surface area contributed by atoms with Crippen LogP contribution in [0.15, 0.2) is 0 Å². The van der Waals surface area contributed by atoms with Crippen molar-refractivity contribution in [3.63, 3.8) is 0 Å². The summed E-state index contributed by atoms with van der Waals surface area (Å²) in [5.74, 6) is 0.555. The fourth-order valence-corrected chi connectivity index (χ4v) is 2.99. The number of carbonyl (C=O) groups excluding carboxylic acids is 1. The number of hydrogen-bond acceptors (Lipinski definition) is 3. The molecule has 1 spiro atoms. The Morgan fingerprint density at radius 2 is 2.07 bits per heavy atom. The summed E-state index contributed by atoms with van der Waals surface area (Å²) in [5, 5.41) is 3.38. The highest BCUT2D eigenvalue weighted by molar-refractivity contribution is 5.69. The second-order valence-electron chi connectivity index (χ2n) is 4.80. The molecule has 1 heterocycles. The van der Waals surface area contributed by atoms with Crippen LogP contribution in [0, 0.1) is 11.3 Å². The molecule has 14 heavy (non-hydrogen) atoms. The lowest BCUT2D eigenvalue weighted by atomic mass is 9.57. The van der Waals surface area contributed by atoms with Gasteiger partial charge in [-0.2, -0.15) is 0 Å². The monoisotopic (exact) mass is 197 g/mol. The first-order valence-electron chi connectivity index (χ1n) is 5.52. The molecule has 3 heteroatoms. The van der Waals surface area contributed by atoms with E-state index in [0.717, 1.165) is 13.1 Å². The van der Waals surface area contributed by atoms with Crippen molar-refractivity contribution in [3.8, 4) is 0 Å². The third kappa shape index (κ3) is 1.92. The first kappa shape index (κ1) is 9.97. The number of carbonyl (C=O) groups is 1. The lowest BCUT2D eigenvalue weighted by Gasteiger charge is -2.50. The van der Waals surface area contributed by atoms with Crippen molar-refractivity contribution in [2.75, 3.05) is 20.2 Å². The van der Waals surface area contributed by atoms with E-state index < -0.39 is 0 Å². The number of methoxy groups -OCH3 is 1. The van der Waals surface area contributed by atoms with Crippen LogP contribution in [0.3, 0.4) is 0 Å². The molecule has 2 fully saturated rings. The fraction of sp³-hybridized carbons (Fsp3) is 0.909. The van der Waals surface area contributed by atoms with Gasteiger partial charge in [-0.3, -0.25) is 4.79 Å². The third-order valence-electron chi connectivity index (χ3n) is 3.79. The smallest absolute Gasteiger partial charge is 0.305 e. The van der Waals surface area contributed by atoms with Crippen molar-refractivity contribution >= 4 is 5.97 Å². The molecule has 0 aromatic heterocycles. The molecule has 2 aliphatic rings. The van der Waals surface area contributed by atoms with Crippen molar-refractivity contribution in [2.45, 2.75) is 32.1 Å². The molecule has 0 aromatic carbocycles. The topological polar surface area (TPSA) is 38.3 Å². The van der Waals surface area contributed by atoms with Crippen LogP contribution >= 0.6 is 0 Å². The van der Waals surface area contributed by atoms with Crippen LogP contribution in [-0.2, 0) is 9.53 Å². The third-order valence-corrected chi connectivity index (χ3v) is 3.79. The molecule has 0 radical (unpaired) electrons. The second-order valence-corrected chi connectivity index (χ2v) is 4.80. The van der Waals surface area contributed by atoms with Crippen LogP contribution in [-0.4, -0.2) is 26.2 Å². The van der Waals surface area contributed by atoms with E-state index in [4.69, 9.17) is 0 Å². The molecule has 1 saturated heterocycles. The van der Waals surface area contributed by atoms with Gasteiger partial charge in [0.2, 0.25) is 0 Å². The molecule has 1 N–H and O–H groups in total. The minimum absolute atomic E-state index is 0.0428. The van der Waals surface area contributed by atoms with Gasteiger partial charge < -0.3 is 10.1 Å². The highest BCUT2D eigenvalue weighted by Gasteiger charge is 2.44. The number of piperidine rings is 1. The molecule has 1 saturated carbocycles. The quantitative estimate of drug-likeness (QED) is 0.679. The molecule has 0 aromatic rings. The zero-order valence-electron chi connectivity index (χ0n) is 8.84. The summed E-state index contributed by atoms with van der Waals surface area (Å²) in [5.41, 5.74) is 0.587. The van der Waals surface area contributed by atoms with Gasteiger partial charge in [0.05, 0.1) is 7.11 Å². The van der Waals surface area contributed by atoms with Gasteiger partial charge in [-0.25, -0.2) is 0 Å². The summed E-state index contributed by atoms with van der Waals surface area (Å²) in [4.78, 5) is 11.1. The Labute approximate surface area is 85.2 Å². The van der Waals surface area contributed by atoms with Crippen LogP contribution in [0.4, 0.5) is 0 Å². The molecule has 0 atom stereocenters. The maximum absolute atomic E-state index is 11.1. The minimum Gasteiger partial charge on any atom is -0.469 e. The Morgan fingerprint density at radius 1 is 1.43 bits per heavy atom. The Hall–Kier alpha value is -0.570. The summed E-state index contributed by atoms with van der Waals surface area (Å²) in [6.07, 6.45) is 5.70. The first-order chi connectivity index (χ1) is 6.74. The van der Waals surface area contributed by atoms with Crippen LogP contribution < -0.4 is 5.32 Å². The van der Waals surface area contributed by atoms with Crippen molar-refractivity contribution in [2.24, 2.45) is 11.3 Å². The molecule has 1 aliphatic heterocycles. The Morgan fingerprint density at radius 3 is 2.64 bits per heavy atom. The molecule has 0 unspecified atom stereocenters. The van der Waals surface area contributed by atoms with E-state index in [9.17, 15) is 4.79 Å². The summed E-state index contributed by atoms with van der Waals surface area (Å²) >= 11 is 0. The van der Waals surface area contributed by atoms with Gasteiger partial charge in [-0.1, -0.05) is 0 Å². The van der Waals surface area contributed by atoms with Gasteiger partial charge in [-0.15, -0.1) is 0 Å². The van der Waals surface area contributed by atoms with Crippen molar-refractivity contribution in [1.82, 2.24) is 5.32 Å². The fourth-order valence-electron chi connectivity index (χ4n) is 2.99. The van der Waals surface area contributed by atoms with E-state index >= 15 is 0 Å². The largest absolute Gasteiger partial charge is 0.469 e. The summed E-state index contributed by atoms with van der Waals surface area (Å²) < 4.78 is 4.68. The standard InChI is InChI=1S/C11H19NO2/c1-14-10(13)6-9-7-11(8-9)2-4-12-5-3-11/h9,12H,2-8H2,1H3. The van der Waals surface area contributed by atoms with Crippen LogP contribution in [0.25, 0.3) is 0 Å². The summed E-state index contributed by atoms with van der Waals surface area (Å²) in [6, 6.07) is 0. The molecular formula is C11H19NO2. The number of esters is 1. The molecule has 80 valence electrons. The van der Waals surface area contributed by atoms with Crippen molar-refractivity contribution < 1.29 is 9.53 Å². The molecule has 1 aliphatic carbocycles. The molecule has 0 amide bonds. The van der Waals surface area contributed by atoms with Gasteiger partial charge in [0.25, 0.3) is 0 Å². The first-order valence-corrected chi connectivity index (χ1v) is 5.52. The zero-order chi connectivity index (χ0) is 10.0. The predicted molar refractivity (Wildman–Crippen MR) is 53.9 cm³/mol. The summed E-state index contributed by atoms with van der Waals surface area (Å²) in [6.45, 7) is 2.32. The average Bonchev–Trinajstić information content (AvgIpc) is 2.17. The Kier molecular flexibility index (Phi) is 2.77. The predicted octanol–water partition coefficient (Wildman–Crippen LogP) is 1.33. The Balaban J connectivity index is 1.75. The Bertz CT molecular complexity index is 213. The van der Waals surface area contributed by atoms with E-state index in [2.05, 4.69) is 10.1 Å². The molecular weight excluding hydrogens is 178 g/mol. The van der Waals surface area contributed by atoms with Gasteiger partial charge in [0.1, 0.15) is 0 Å². The number of hydrogen-bond donors (Lipinski definition) is 1. The maximum atomic E-state index is 11.1. The van der Waals surface area contributed by atoms with Gasteiger partial charge in [0.15, 0.2) is 0 Å². The van der Waals surface area contributed by atoms with E-state index in [1.54, 1.807) is 0 Å². The van der Waals surface area contributed by atoms with Gasteiger partial charge in [-0.05, 0) is 50.1 Å². The van der Waals surface area contributed by atoms with E-state index in [-0.39, 0.29) is 5.97 Å². The lowest BCUT2D eigenvalue weighted by Crippen LogP contribution is -2.45. The van der Waals surface area contributed by atoms with Gasteiger partial charge in [0, 0.05) is 6.42 Å². The van der Waals surface area contributed by atoms with Crippen LogP contribution in [0.2, 0.25) is 0 Å². The van der Waals surface area contributed by atoms with E-state index in [1.807, 2.05) is 0 Å².